The summed E-state index contributed by atoms with van der Waals surface area (Å²) < 4.78 is 8.55. The normalized spacial score (nSPS) is 19.2. The van der Waals surface area contributed by atoms with Gasteiger partial charge in [0, 0.05) is 19.0 Å². The van der Waals surface area contributed by atoms with Gasteiger partial charge in [-0.2, -0.15) is 0 Å². The molecule has 172 valence electrons. The van der Waals surface area contributed by atoms with Gasteiger partial charge in [0.05, 0.1) is 19.1 Å². The zero-order chi connectivity index (χ0) is 22.7. The zero-order valence-electron chi connectivity index (χ0n) is 19.4. The summed E-state index contributed by atoms with van der Waals surface area (Å²) in [6, 6.07) is 18.9. The van der Waals surface area contributed by atoms with Crippen LogP contribution in [0.5, 0.6) is 5.75 Å². The number of ether oxygens (including phenoxy) is 1. The number of rotatable bonds is 5. The Kier molecular flexibility index (Phi) is 6.03. The molecular formula is C26H32N6O. The standard InChI is InChI=1S/C26H32N6O/c1-19-30-31-24(32(19)2)18-28-25(27-17-20-10-4-3-5-11-20)29-22-16-26(14-8-9-15-26)33-23-13-7-6-12-21(22)23/h3-7,10-13,22H,8-9,14-18H2,1-2H3,(H2,27,28,29). The zero-order valence-corrected chi connectivity index (χ0v) is 19.4. The highest BCUT2D eigenvalue weighted by atomic mass is 16.5. The quantitative estimate of drug-likeness (QED) is 0.456. The van der Waals surface area contributed by atoms with Crippen molar-refractivity contribution in [3.05, 3.63) is 77.4 Å². The van der Waals surface area contributed by atoms with Crippen molar-refractivity contribution in [3.63, 3.8) is 0 Å². The molecule has 1 atom stereocenters. The number of para-hydroxylation sites is 1. The molecule has 33 heavy (non-hydrogen) atoms. The number of guanidine groups is 1. The maximum Gasteiger partial charge on any atom is 0.192 e. The molecule has 0 radical (unpaired) electrons. The molecule has 2 aliphatic rings. The molecule has 7 heteroatoms. The fourth-order valence-corrected chi connectivity index (χ4v) is 4.91. The van der Waals surface area contributed by atoms with E-state index in [1.165, 1.54) is 24.0 Å². The lowest BCUT2D eigenvalue weighted by atomic mass is 9.86. The second-order valence-electron chi connectivity index (χ2n) is 9.16. The summed E-state index contributed by atoms with van der Waals surface area (Å²) in [6.45, 7) is 3.11. The molecule has 1 unspecified atom stereocenters. The number of nitrogens with zero attached hydrogens (tertiary/aromatic N) is 4. The van der Waals surface area contributed by atoms with Crippen LogP contribution in [0.25, 0.3) is 0 Å². The molecule has 0 saturated heterocycles. The third kappa shape index (κ3) is 4.72. The lowest BCUT2D eigenvalue weighted by Gasteiger charge is -2.40. The van der Waals surface area contributed by atoms with Gasteiger partial charge in [0.15, 0.2) is 11.8 Å². The van der Waals surface area contributed by atoms with Crippen LogP contribution in [-0.2, 0) is 20.1 Å². The van der Waals surface area contributed by atoms with E-state index in [0.717, 1.165) is 42.6 Å². The summed E-state index contributed by atoms with van der Waals surface area (Å²) in [6.07, 6.45) is 5.63. The number of nitrogens with one attached hydrogen (secondary N) is 2. The molecule has 1 fully saturated rings. The lowest BCUT2D eigenvalue weighted by molar-refractivity contribution is 0.0396. The summed E-state index contributed by atoms with van der Waals surface area (Å²) in [5.41, 5.74) is 2.29. The van der Waals surface area contributed by atoms with Crippen LogP contribution in [0.4, 0.5) is 0 Å². The first-order chi connectivity index (χ1) is 16.1. The number of aromatic nitrogens is 3. The van der Waals surface area contributed by atoms with Gasteiger partial charge >= 0.3 is 0 Å². The van der Waals surface area contributed by atoms with Crippen molar-refractivity contribution in [2.24, 2.45) is 12.0 Å². The molecule has 3 aromatic rings. The predicted molar refractivity (Wildman–Crippen MR) is 129 cm³/mol. The van der Waals surface area contributed by atoms with Crippen LogP contribution in [-0.4, -0.2) is 26.3 Å². The third-order valence-corrected chi connectivity index (χ3v) is 6.88. The molecule has 2 aromatic carbocycles. The Hall–Kier alpha value is -3.35. The second-order valence-corrected chi connectivity index (χ2v) is 9.16. The number of hydrogen-bond donors (Lipinski definition) is 2. The van der Waals surface area contributed by atoms with E-state index in [9.17, 15) is 0 Å². The maximum absolute atomic E-state index is 6.55. The van der Waals surface area contributed by atoms with E-state index in [1.807, 2.05) is 36.7 Å². The van der Waals surface area contributed by atoms with Crippen LogP contribution < -0.4 is 15.4 Å². The molecular weight excluding hydrogens is 412 g/mol. The Morgan fingerprint density at radius 1 is 1.09 bits per heavy atom. The summed E-state index contributed by atoms with van der Waals surface area (Å²) in [5.74, 6) is 3.54. The van der Waals surface area contributed by atoms with E-state index < -0.39 is 0 Å². The van der Waals surface area contributed by atoms with Gasteiger partial charge in [0.2, 0.25) is 0 Å². The number of hydrogen-bond acceptors (Lipinski definition) is 4. The topological polar surface area (TPSA) is 76.4 Å². The summed E-state index contributed by atoms with van der Waals surface area (Å²) in [7, 11) is 1.99. The van der Waals surface area contributed by atoms with Gasteiger partial charge in [-0.15, -0.1) is 10.2 Å². The molecule has 1 spiro atoms. The first-order valence-electron chi connectivity index (χ1n) is 11.8. The van der Waals surface area contributed by atoms with Gasteiger partial charge in [-0.3, -0.25) is 0 Å². The van der Waals surface area contributed by atoms with Crippen LogP contribution >= 0.6 is 0 Å². The molecule has 7 nitrogen and oxygen atoms in total. The number of aryl methyl sites for hydroxylation is 1. The van der Waals surface area contributed by atoms with Gasteiger partial charge in [-0.25, -0.2) is 4.99 Å². The van der Waals surface area contributed by atoms with Crippen LogP contribution in [0.2, 0.25) is 0 Å². The van der Waals surface area contributed by atoms with Gasteiger partial charge in [0.1, 0.15) is 17.2 Å². The lowest BCUT2D eigenvalue weighted by Crippen LogP contribution is -2.46. The smallest absolute Gasteiger partial charge is 0.192 e. The van der Waals surface area contributed by atoms with E-state index in [-0.39, 0.29) is 11.6 Å². The molecule has 1 aliphatic carbocycles. The molecule has 1 aromatic heterocycles. The van der Waals surface area contributed by atoms with Gasteiger partial charge in [0.25, 0.3) is 0 Å². The van der Waals surface area contributed by atoms with Crippen LogP contribution in [0.3, 0.4) is 0 Å². The number of fused-ring (bicyclic) bond motifs is 1. The Bertz CT molecular complexity index is 1120. The van der Waals surface area contributed by atoms with E-state index >= 15 is 0 Å². The van der Waals surface area contributed by atoms with Gasteiger partial charge < -0.3 is 19.9 Å². The summed E-state index contributed by atoms with van der Waals surface area (Å²) in [5, 5.41) is 15.7. The van der Waals surface area contributed by atoms with Crippen LogP contribution in [0.15, 0.2) is 59.6 Å². The SMILES string of the molecule is Cc1nnc(CNC(=NCc2ccccc2)NC2CC3(CCCC3)Oc3ccccc32)n1C. The molecule has 0 bridgehead atoms. The van der Waals surface area contributed by atoms with Gasteiger partial charge in [-0.1, -0.05) is 48.5 Å². The Morgan fingerprint density at radius 2 is 1.85 bits per heavy atom. The van der Waals surface area contributed by atoms with Crippen molar-refractivity contribution in [1.29, 1.82) is 0 Å². The molecule has 1 saturated carbocycles. The minimum Gasteiger partial charge on any atom is -0.487 e. The monoisotopic (exact) mass is 444 g/mol. The van der Waals surface area contributed by atoms with Gasteiger partial charge in [-0.05, 0) is 44.2 Å². The highest BCUT2D eigenvalue weighted by Crippen LogP contribution is 2.46. The number of aliphatic imine (C=N–C) groups is 1. The van der Waals surface area contributed by atoms with Crippen molar-refractivity contribution in [3.8, 4) is 5.75 Å². The van der Waals surface area contributed by atoms with E-state index in [2.05, 4.69) is 57.2 Å². The Labute approximate surface area is 195 Å². The van der Waals surface area contributed by atoms with E-state index in [4.69, 9.17) is 9.73 Å². The van der Waals surface area contributed by atoms with Crippen molar-refractivity contribution in [2.75, 3.05) is 0 Å². The third-order valence-electron chi connectivity index (χ3n) is 6.88. The predicted octanol–water partition coefficient (Wildman–Crippen LogP) is 4.20. The number of benzene rings is 2. The van der Waals surface area contributed by atoms with Crippen molar-refractivity contribution >= 4 is 5.96 Å². The Morgan fingerprint density at radius 3 is 2.61 bits per heavy atom. The van der Waals surface area contributed by atoms with Crippen LogP contribution in [0.1, 0.15) is 60.9 Å². The summed E-state index contributed by atoms with van der Waals surface area (Å²) in [4.78, 5) is 4.92. The fraction of sp³-hybridized carbons (Fsp3) is 0.423. The summed E-state index contributed by atoms with van der Waals surface area (Å²) >= 11 is 0. The van der Waals surface area contributed by atoms with Crippen molar-refractivity contribution in [1.82, 2.24) is 25.4 Å². The molecule has 5 rings (SSSR count). The molecule has 2 heterocycles. The van der Waals surface area contributed by atoms with Crippen molar-refractivity contribution in [2.45, 2.75) is 63.8 Å². The largest absolute Gasteiger partial charge is 0.487 e. The van der Waals surface area contributed by atoms with Crippen LogP contribution in [0, 0.1) is 6.92 Å². The van der Waals surface area contributed by atoms with E-state index in [0.29, 0.717) is 13.1 Å². The first kappa shape index (κ1) is 21.5. The minimum atomic E-state index is -0.0722. The maximum atomic E-state index is 6.55. The second kappa shape index (κ2) is 9.25. The average molecular weight is 445 g/mol. The highest BCUT2D eigenvalue weighted by Gasteiger charge is 2.43. The molecule has 0 amide bonds. The molecule has 1 aliphatic heterocycles. The molecule has 2 N–H and O–H groups in total. The minimum absolute atomic E-state index is 0.0722. The Balaban J connectivity index is 1.40. The fourth-order valence-electron chi connectivity index (χ4n) is 4.91. The highest BCUT2D eigenvalue weighted by molar-refractivity contribution is 5.80. The van der Waals surface area contributed by atoms with Crippen molar-refractivity contribution < 1.29 is 4.74 Å². The average Bonchev–Trinajstić information content (AvgIpc) is 3.42. The van der Waals surface area contributed by atoms with E-state index in [1.54, 1.807) is 0 Å². The first-order valence-corrected chi connectivity index (χ1v) is 11.8.